The van der Waals surface area contributed by atoms with Gasteiger partial charge in [0, 0.05) is 137 Å². The van der Waals surface area contributed by atoms with Gasteiger partial charge < -0.3 is 13.6 Å². The van der Waals surface area contributed by atoms with Gasteiger partial charge in [-0.2, -0.15) is 0 Å². The molecule has 10 aromatic heterocycles. The first-order valence-electron chi connectivity index (χ1n) is 42.7. The molecule has 14 heteroatoms. The first-order chi connectivity index (χ1) is 63.5. The second kappa shape index (κ2) is 29.0. The van der Waals surface area contributed by atoms with Crippen LogP contribution in [-0.4, -0.2) is 39.0 Å². The summed E-state index contributed by atoms with van der Waals surface area (Å²) in [5.74, 6) is 3.76. The van der Waals surface area contributed by atoms with E-state index in [-0.39, 0.29) is 0 Å². The van der Waals surface area contributed by atoms with E-state index in [1.165, 1.54) is 151 Å². The van der Waals surface area contributed by atoms with Crippen LogP contribution >= 0.6 is 56.7 Å². The summed E-state index contributed by atoms with van der Waals surface area (Å²) in [6.07, 6.45) is 0. The van der Waals surface area contributed by atoms with E-state index in [2.05, 4.69) is 294 Å². The SMILES string of the molecule is c1ccc(-c2nc(-c3ccccc3)nc(-c3cccc4c3oc3c(-n5c6ccccc6c6cc(-c7cccc8c7sc7c8ccc8c9ccccc9sc87)ccc65)cccc34)n2)cc1.c1ccc(-c2nc(-c3ccccc3)nc(-c3cccc4c3sc3c(-n5c6ccccc6c6cc(-c7cccc8c7sc7c8ccc8c9ccccc9sc87)ccc65)cccc34)n2)cc1. The number of para-hydroxylation sites is 4. The van der Waals surface area contributed by atoms with Crippen molar-refractivity contribution in [3.05, 3.63) is 388 Å². The van der Waals surface area contributed by atoms with Crippen molar-refractivity contribution in [2.75, 3.05) is 0 Å². The number of furan rings is 1. The molecule has 18 aromatic carbocycles. The fraction of sp³-hybridized carbons (Fsp3) is 0. The van der Waals surface area contributed by atoms with Gasteiger partial charge in [0.25, 0.3) is 0 Å². The van der Waals surface area contributed by atoms with E-state index in [9.17, 15) is 0 Å². The second-order valence-corrected chi connectivity index (χ2v) is 37.7. The van der Waals surface area contributed by atoms with Gasteiger partial charge in [0.15, 0.2) is 40.5 Å². The molecular weight excluding hydrogens is 1660 g/mol. The summed E-state index contributed by atoms with van der Waals surface area (Å²) < 4.78 is 25.1. The Morgan fingerprint density at radius 2 is 0.477 bits per heavy atom. The summed E-state index contributed by atoms with van der Waals surface area (Å²) in [4.78, 5) is 30.3. The molecular formula is C114H64N8OS5. The molecule has 128 heavy (non-hydrogen) atoms. The summed E-state index contributed by atoms with van der Waals surface area (Å²) >= 11 is 9.49. The molecule has 596 valence electrons. The van der Waals surface area contributed by atoms with Gasteiger partial charge in [-0.1, -0.05) is 315 Å². The molecule has 0 radical (unpaired) electrons. The fourth-order valence-electron chi connectivity index (χ4n) is 19.5. The molecule has 0 aliphatic rings. The molecule has 28 aromatic rings. The Balaban J connectivity index is 0.000000132. The molecule has 0 spiro atoms. The third-order valence-electron chi connectivity index (χ3n) is 25.4. The van der Waals surface area contributed by atoms with E-state index < -0.39 is 0 Å². The summed E-state index contributed by atoms with van der Waals surface area (Å²) in [6.45, 7) is 0. The van der Waals surface area contributed by atoms with Crippen molar-refractivity contribution in [1.29, 1.82) is 0 Å². The molecule has 10 heterocycles. The third kappa shape index (κ3) is 11.4. The van der Waals surface area contributed by atoms with Crippen molar-refractivity contribution in [3.63, 3.8) is 0 Å². The quantitative estimate of drug-likeness (QED) is 0.134. The van der Waals surface area contributed by atoms with Crippen LogP contribution < -0.4 is 0 Å². The summed E-state index contributed by atoms with van der Waals surface area (Å²) in [6, 6.07) is 139. The van der Waals surface area contributed by atoms with E-state index in [0.717, 1.165) is 82.4 Å². The number of thiophene rings is 5. The fourth-order valence-corrected chi connectivity index (χ4v) is 26.2. The van der Waals surface area contributed by atoms with Crippen LogP contribution in [0.4, 0.5) is 0 Å². The molecule has 28 rings (SSSR count). The van der Waals surface area contributed by atoms with Crippen molar-refractivity contribution in [3.8, 4) is 102 Å². The molecule has 0 atom stereocenters. The average Bonchev–Trinajstić information content (AvgIpc) is 1.58. The van der Waals surface area contributed by atoms with Gasteiger partial charge >= 0.3 is 0 Å². The zero-order valence-corrected chi connectivity index (χ0v) is 72.1. The predicted molar refractivity (Wildman–Crippen MR) is 544 cm³/mol. The minimum Gasteiger partial charge on any atom is -0.453 e. The van der Waals surface area contributed by atoms with E-state index in [1.807, 2.05) is 160 Å². The van der Waals surface area contributed by atoms with Crippen LogP contribution in [0.2, 0.25) is 0 Å². The van der Waals surface area contributed by atoms with Gasteiger partial charge in [0.05, 0.1) is 62.5 Å². The molecule has 0 saturated heterocycles. The van der Waals surface area contributed by atoms with Gasteiger partial charge in [-0.15, -0.1) is 56.7 Å². The monoisotopic (exact) mass is 1720 g/mol. The summed E-state index contributed by atoms with van der Waals surface area (Å²) in [7, 11) is 0. The van der Waals surface area contributed by atoms with Gasteiger partial charge in [-0.05, 0) is 95.1 Å². The highest BCUT2D eigenvalue weighted by Crippen LogP contribution is 2.52. The van der Waals surface area contributed by atoms with Crippen LogP contribution in [-0.2, 0) is 0 Å². The summed E-state index contributed by atoms with van der Waals surface area (Å²) in [5.41, 5.74) is 18.8. The number of hydrogen-bond donors (Lipinski definition) is 0. The van der Waals surface area contributed by atoms with Gasteiger partial charge in [0.1, 0.15) is 5.58 Å². The van der Waals surface area contributed by atoms with Crippen LogP contribution in [0.1, 0.15) is 0 Å². The lowest BCUT2D eigenvalue weighted by Gasteiger charge is -2.10. The molecule has 0 fully saturated rings. The van der Waals surface area contributed by atoms with Crippen LogP contribution in [0.3, 0.4) is 0 Å². The highest BCUT2D eigenvalue weighted by molar-refractivity contribution is 7.34. The van der Waals surface area contributed by atoms with Crippen LogP contribution in [0.15, 0.2) is 393 Å². The lowest BCUT2D eigenvalue weighted by Crippen LogP contribution is -2.00. The van der Waals surface area contributed by atoms with Gasteiger partial charge in [-0.3, -0.25) is 0 Å². The predicted octanol–water partition coefficient (Wildman–Crippen LogP) is 33.0. The van der Waals surface area contributed by atoms with Crippen molar-refractivity contribution in [2.45, 2.75) is 0 Å². The normalized spacial score (nSPS) is 12.1. The zero-order chi connectivity index (χ0) is 83.8. The minimum absolute atomic E-state index is 0.560. The topological polar surface area (TPSA) is 100 Å². The van der Waals surface area contributed by atoms with E-state index in [4.69, 9.17) is 34.3 Å². The maximum atomic E-state index is 7.08. The Morgan fingerprint density at radius 3 is 0.945 bits per heavy atom. The molecule has 0 N–H and O–H groups in total. The maximum absolute atomic E-state index is 7.08. The molecule has 0 aliphatic heterocycles. The van der Waals surface area contributed by atoms with E-state index >= 15 is 0 Å². The maximum Gasteiger partial charge on any atom is 0.167 e. The summed E-state index contributed by atoms with van der Waals surface area (Å²) in [5, 5.41) is 19.9. The lowest BCUT2D eigenvalue weighted by atomic mass is 10.0. The van der Waals surface area contributed by atoms with Crippen LogP contribution in [0, 0.1) is 0 Å². The number of benzene rings is 18. The minimum atomic E-state index is 0.560. The number of fused-ring (bicyclic) bond motifs is 26. The van der Waals surface area contributed by atoms with E-state index in [1.54, 1.807) is 0 Å². The highest BCUT2D eigenvalue weighted by Gasteiger charge is 2.27. The Bertz CT molecular complexity index is 8830. The Labute approximate surface area is 750 Å². The standard InChI is InChI=1S/C57H32N4OS2.C57H32N4S3/c1-3-14-33(15-4-1)55-58-56(34-16-5-2-6-17-34)60-57(59-55)44-24-12-21-39-40-22-13-26-48(51(40)62-50(39)44)61-46-25-9-7-18-37(46)45-32-35(28-31-47(45)61)36-20-11-23-41-43-30-29-42-38-19-8-10-27-49(38)63-53(42)54(43)64-52(36)41;1-3-14-33(15-4-1)55-58-56(34-16-5-2-6-17-34)60-57(59-55)44-24-12-22-39-41-23-13-26-48(52(41)63-51(39)44)61-46-25-9-7-18-37(46)45-32-35(28-31-47(45)61)36-20-11-21-40-43-30-29-42-38-19-8-10-27-49(38)62-53(42)54(43)64-50(36)40/h2*1-32H. The van der Waals surface area contributed by atoms with Crippen molar-refractivity contribution in [2.24, 2.45) is 0 Å². The number of hydrogen-bond acceptors (Lipinski definition) is 12. The molecule has 0 unspecified atom stereocenters. The lowest BCUT2D eigenvalue weighted by molar-refractivity contribution is 0.667. The van der Waals surface area contributed by atoms with Crippen LogP contribution in [0.5, 0.6) is 0 Å². The number of rotatable bonds is 10. The van der Waals surface area contributed by atoms with Crippen molar-refractivity contribution >= 4 is 223 Å². The average molecular weight is 1720 g/mol. The number of nitrogens with zero attached hydrogens (tertiary/aromatic N) is 8. The van der Waals surface area contributed by atoms with Crippen molar-refractivity contribution < 1.29 is 4.42 Å². The molecule has 0 amide bonds. The van der Waals surface area contributed by atoms with Crippen LogP contribution in [0.25, 0.3) is 268 Å². The Morgan fingerprint density at radius 1 is 0.172 bits per heavy atom. The Kier molecular flexibility index (Phi) is 16.5. The number of aromatic nitrogens is 8. The van der Waals surface area contributed by atoms with Crippen molar-refractivity contribution in [1.82, 2.24) is 39.0 Å². The highest BCUT2D eigenvalue weighted by atomic mass is 32.1. The molecule has 0 aliphatic carbocycles. The van der Waals surface area contributed by atoms with Gasteiger partial charge in [-0.25, -0.2) is 29.9 Å². The van der Waals surface area contributed by atoms with Gasteiger partial charge in [0.2, 0.25) is 0 Å². The molecule has 0 saturated carbocycles. The second-order valence-electron chi connectivity index (χ2n) is 32.5. The first kappa shape index (κ1) is 72.9. The Hall–Kier alpha value is -15.5. The molecule has 0 bridgehead atoms. The first-order valence-corrected chi connectivity index (χ1v) is 46.8. The molecule has 9 nitrogen and oxygen atoms in total. The zero-order valence-electron chi connectivity index (χ0n) is 68.0. The van der Waals surface area contributed by atoms with E-state index in [0.29, 0.717) is 34.9 Å². The largest absolute Gasteiger partial charge is 0.453 e. The third-order valence-corrected chi connectivity index (χ3v) is 31.8. The smallest absolute Gasteiger partial charge is 0.167 e.